The molecule has 0 spiro atoms. The molecule has 0 amide bonds. The van der Waals surface area contributed by atoms with Crippen molar-refractivity contribution in [1.29, 1.82) is 0 Å². The van der Waals surface area contributed by atoms with Crippen molar-refractivity contribution in [2.75, 3.05) is 20.1 Å². The number of thiophene rings is 1. The van der Waals surface area contributed by atoms with Gasteiger partial charge in [-0.1, -0.05) is 24.3 Å². The van der Waals surface area contributed by atoms with Crippen LogP contribution in [0.25, 0.3) is 0 Å². The van der Waals surface area contributed by atoms with Crippen LogP contribution in [0, 0.1) is 5.92 Å². The van der Waals surface area contributed by atoms with E-state index >= 15 is 0 Å². The van der Waals surface area contributed by atoms with Crippen LogP contribution in [0.5, 0.6) is 0 Å². The molecule has 0 saturated carbocycles. The monoisotopic (exact) mass is 315 g/mol. The third-order valence-corrected chi connectivity index (χ3v) is 7.29. The van der Waals surface area contributed by atoms with Gasteiger partial charge < -0.3 is 4.90 Å². The Morgan fingerprint density at radius 3 is 2.71 bits per heavy atom. The Labute approximate surface area is 135 Å². The lowest BCUT2D eigenvalue weighted by molar-refractivity contribution is 0.207. The largest absolute Gasteiger partial charge is 0.306 e. The van der Waals surface area contributed by atoms with E-state index in [0.29, 0.717) is 5.92 Å². The average Bonchev–Trinajstić information content (AvgIpc) is 2.91. The Balaban J connectivity index is 1.78. The summed E-state index contributed by atoms with van der Waals surface area (Å²) in [4.78, 5) is 2.47. The van der Waals surface area contributed by atoms with Crippen LogP contribution in [0.2, 0.25) is 0 Å². The van der Waals surface area contributed by atoms with Gasteiger partial charge in [0.15, 0.2) is 0 Å². The molecule has 21 heavy (non-hydrogen) atoms. The highest BCUT2D eigenvalue weighted by Crippen LogP contribution is 2.48. The van der Waals surface area contributed by atoms with Gasteiger partial charge >= 0.3 is 0 Å². The van der Waals surface area contributed by atoms with E-state index in [1.807, 2.05) is 23.1 Å². The van der Waals surface area contributed by atoms with Crippen LogP contribution in [0.3, 0.4) is 0 Å². The molecule has 1 aromatic carbocycles. The van der Waals surface area contributed by atoms with Gasteiger partial charge in [-0.3, -0.25) is 0 Å². The van der Waals surface area contributed by atoms with E-state index in [4.69, 9.17) is 0 Å². The van der Waals surface area contributed by atoms with Gasteiger partial charge in [-0.05, 0) is 67.0 Å². The van der Waals surface area contributed by atoms with Crippen LogP contribution in [0.1, 0.15) is 35.4 Å². The van der Waals surface area contributed by atoms with Crippen molar-refractivity contribution < 1.29 is 0 Å². The van der Waals surface area contributed by atoms with Crippen molar-refractivity contribution in [1.82, 2.24) is 4.90 Å². The van der Waals surface area contributed by atoms with Crippen molar-refractivity contribution in [3.63, 3.8) is 0 Å². The molecule has 3 heteroatoms. The first kappa shape index (κ1) is 13.9. The van der Waals surface area contributed by atoms with Crippen LogP contribution < -0.4 is 0 Å². The van der Waals surface area contributed by atoms with Crippen LogP contribution >= 0.6 is 23.1 Å². The van der Waals surface area contributed by atoms with Gasteiger partial charge in [0.05, 0.1) is 4.21 Å². The Hall–Kier alpha value is -0.770. The summed E-state index contributed by atoms with van der Waals surface area (Å²) in [7, 11) is 2.25. The first-order chi connectivity index (χ1) is 10.3. The molecule has 1 fully saturated rings. The van der Waals surface area contributed by atoms with Gasteiger partial charge in [0.1, 0.15) is 0 Å². The molecular formula is C18H21NS2. The molecule has 1 aromatic heterocycles. The highest BCUT2D eigenvalue weighted by molar-refractivity contribution is 8.00. The molecule has 4 rings (SSSR count). The predicted octanol–water partition coefficient (Wildman–Crippen LogP) is 4.83. The zero-order valence-corrected chi connectivity index (χ0v) is 14.1. The minimum absolute atomic E-state index is 0.617. The van der Waals surface area contributed by atoms with Crippen molar-refractivity contribution in [3.05, 3.63) is 52.4 Å². The second kappa shape index (κ2) is 5.79. The fourth-order valence-corrected chi connectivity index (χ4v) is 6.00. The first-order valence-electron chi connectivity index (χ1n) is 7.79. The summed E-state index contributed by atoms with van der Waals surface area (Å²) in [5, 5.41) is 2.29. The summed E-state index contributed by atoms with van der Waals surface area (Å²) < 4.78 is 1.55. The van der Waals surface area contributed by atoms with Crippen molar-refractivity contribution in [2.24, 2.45) is 5.92 Å². The fraction of sp³-hybridized carbons (Fsp3) is 0.444. The molecule has 1 nitrogen and oxygen atoms in total. The van der Waals surface area contributed by atoms with Gasteiger partial charge in [0.25, 0.3) is 0 Å². The summed E-state index contributed by atoms with van der Waals surface area (Å²) >= 11 is 3.97. The molecular weight excluding hydrogens is 294 g/mol. The Bertz CT molecular complexity index is 626. The summed E-state index contributed by atoms with van der Waals surface area (Å²) in [5.74, 6) is 2.55. The quantitative estimate of drug-likeness (QED) is 0.741. The molecule has 1 saturated heterocycles. The molecule has 3 heterocycles. The Morgan fingerprint density at radius 1 is 1.05 bits per heavy atom. The first-order valence-corrected chi connectivity index (χ1v) is 9.66. The molecule has 1 unspecified atom stereocenters. The SMILES string of the molecule is CN1CCC(C2c3ccccc3CSc3sccc32)CC1. The zero-order valence-electron chi connectivity index (χ0n) is 12.4. The van der Waals surface area contributed by atoms with E-state index in [1.165, 1.54) is 25.9 Å². The maximum atomic E-state index is 2.47. The number of piperidine rings is 1. The van der Waals surface area contributed by atoms with Crippen molar-refractivity contribution in [2.45, 2.75) is 28.7 Å². The second-order valence-electron chi connectivity index (χ2n) is 6.27. The predicted molar refractivity (Wildman–Crippen MR) is 92.4 cm³/mol. The van der Waals surface area contributed by atoms with Crippen LogP contribution in [0.4, 0.5) is 0 Å². The normalized spacial score (nSPS) is 23.4. The van der Waals surface area contributed by atoms with Crippen molar-refractivity contribution in [3.8, 4) is 0 Å². The smallest absolute Gasteiger partial charge is 0.0640 e. The Morgan fingerprint density at radius 2 is 1.86 bits per heavy atom. The van der Waals surface area contributed by atoms with E-state index in [-0.39, 0.29) is 0 Å². The topological polar surface area (TPSA) is 3.24 Å². The van der Waals surface area contributed by atoms with E-state index < -0.39 is 0 Å². The molecule has 0 aliphatic carbocycles. The number of hydrogen-bond donors (Lipinski definition) is 0. The molecule has 0 radical (unpaired) electrons. The lowest BCUT2D eigenvalue weighted by Crippen LogP contribution is -2.33. The highest BCUT2D eigenvalue weighted by Gasteiger charge is 2.32. The molecule has 0 N–H and O–H groups in total. The summed E-state index contributed by atoms with van der Waals surface area (Å²) in [6.07, 6.45) is 2.66. The number of hydrogen-bond acceptors (Lipinski definition) is 3. The standard InChI is InChI=1S/C18H21NS2/c1-19-9-6-13(7-10-19)17-15-5-3-2-4-14(15)12-21-18-16(17)8-11-20-18/h2-5,8,11,13,17H,6-7,9-10,12H2,1H3. The third kappa shape index (κ3) is 2.56. The van der Waals surface area contributed by atoms with Gasteiger partial charge in [0, 0.05) is 11.7 Å². The van der Waals surface area contributed by atoms with E-state index in [1.54, 1.807) is 20.9 Å². The van der Waals surface area contributed by atoms with E-state index in [9.17, 15) is 0 Å². The summed E-state index contributed by atoms with van der Waals surface area (Å²) in [6, 6.07) is 11.5. The number of thioether (sulfide) groups is 1. The molecule has 2 aliphatic rings. The highest BCUT2D eigenvalue weighted by atomic mass is 32.2. The molecule has 110 valence electrons. The number of likely N-dealkylation sites (tertiary alicyclic amines) is 1. The van der Waals surface area contributed by atoms with Crippen LogP contribution in [-0.4, -0.2) is 25.0 Å². The maximum absolute atomic E-state index is 2.47. The molecule has 0 bridgehead atoms. The van der Waals surface area contributed by atoms with Gasteiger partial charge in [-0.15, -0.1) is 23.1 Å². The zero-order chi connectivity index (χ0) is 14.2. The molecule has 1 atom stereocenters. The molecule has 2 aromatic rings. The van der Waals surface area contributed by atoms with Gasteiger partial charge in [-0.25, -0.2) is 0 Å². The lowest BCUT2D eigenvalue weighted by Gasteiger charge is -2.35. The molecule has 2 aliphatic heterocycles. The third-order valence-electron chi connectivity index (χ3n) is 4.98. The number of nitrogens with zero attached hydrogens (tertiary/aromatic N) is 1. The lowest BCUT2D eigenvalue weighted by atomic mass is 9.76. The minimum atomic E-state index is 0.617. The average molecular weight is 316 g/mol. The number of fused-ring (bicyclic) bond motifs is 2. The fourth-order valence-electron chi connectivity index (χ4n) is 3.80. The van der Waals surface area contributed by atoms with Crippen LogP contribution in [0.15, 0.2) is 39.9 Å². The summed E-state index contributed by atoms with van der Waals surface area (Å²) in [6.45, 7) is 2.49. The van der Waals surface area contributed by atoms with Gasteiger partial charge in [-0.2, -0.15) is 0 Å². The number of rotatable bonds is 1. The summed E-state index contributed by atoms with van der Waals surface area (Å²) in [5.41, 5.74) is 4.75. The van der Waals surface area contributed by atoms with E-state index in [2.05, 4.69) is 47.7 Å². The van der Waals surface area contributed by atoms with Crippen LogP contribution in [-0.2, 0) is 5.75 Å². The van der Waals surface area contributed by atoms with Crippen molar-refractivity contribution >= 4 is 23.1 Å². The van der Waals surface area contributed by atoms with E-state index in [0.717, 1.165) is 11.7 Å². The maximum Gasteiger partial charge on any atom is 0.0640 e. The second-order valence-corrected chi connectivity index (χ2v) is 8.43. The van der Waals surface area contributed by atoms with Gasteiger partial charge in [0.2, 0.25) is 0 Å². The number of benzene rings is 1. The Kier molecular flexibility index (Phi) is 3.82. The minimum Gasteiger partial charge on any atom is -0.306 e.